The summed E-state index contributed by atoms with van der Waals surface area (Å²) in [6.45, 7) is 9.19. The van der Waals surface area contributed by atoms with E-state index in [1.165, 1.54) is 17.0 Å². The van der Waals surface area contributed by atoms with Gasteiger partial charge in [0.15, 0.2) is 0 Å². The zero-order valence-electron chi connectivity index (χ0n) is 22.1. The van der Waals surface area contributed by atoms with Gasteiger partial charge in [-0.3, -0.25) is 9.59 Å². The van der Waals surface area contributed by atoms with E-state index >= 15 is 0 Å². The average Bonchev–Trinajstić information content (AvgIpc) is 2.79. The lowest BCUT2D eigenvalue weighted by Gasteiger charge is -2.32. The molecule has 0 fully saturated rings. The second-order valence-electron chi connectivity index (χ2n) is 10.0. The minimum atomic E-state index is -0.965. The molecule has 3 atom stereocenters. The molecule has 0 saturated heterocycles. The number of phenolic OH excluding ortho intramolecular Hbond substituents is 1. The number of aromatic hydroxyl groups is 1. The normalized spacial score (nSPS) is 13.7. The molecule has 0 saturated carbocycles. The van der Waals surface area contributed by atoms with Crippen LogP contribution < -0.4 is 10.6 Å². The topological polar surface area (TPSA) is 108 Å². The van der Waals surface area contributed by atoms with E-state index < -0.39 is 29.7 Å². The second kappa shape index (κ2) is 13.0. The predicted octanol–water partition coefficient (Wildman–Crippen LogP) is 4.33. The molecule has 3 unspecified atom stereocenters. The number of alkyl carbamates (subject to hydrolysis) is 1. The van der Waals surface area contributed by atoms with Crippen molar-refractivity contribution in [2.75, 3.05) is 7.05 Å². The number of phenols is 1. The monoisotopic (exact) mass is 497 g/mol. The van der Waals surface area contributed by atoms with Gasteiger partial charge in [0.25, 0.3) is 0 Å². The number of ether oxygens (including phenoxy) is 1. The molecule has 36 heavy (non-hydrogen) atoms. The van der Waals surface area contributed by atoms with Gasteiger partial charge in [0.05, 0.1) is 0 Å². The van der Waals surface area contributed by atoms with E-state index in [2.05, 4.69) is 10.6 Å². The van der Waals surface area contributed by atoms with Gasteiger partial charge in [0.2, 0.25) is 11.8 Å². The van der Waals surface area contributed by atoms with Crippen molar-refractivity contribution in [1.29, 1.82) is 0 Å². The summed E-state index contributed by atoms with van der Waals surface area (Å²) in [6.07, 6.45) is 1.20. The minimum Gasteiger partial charge on any atom is -0.508 e. The number of nitrogens with one attached hydrogen (secondary N) is 2. The van der Waals surface area contributed by atoms with Crippen LogP contribution in [0.5, 0.6) is 5.75 Å². The molecule has 196 valence electrons. The van der Waals surface area contributed by atoms with Crippen LogP contribution in [0.1, 0.15) is 64.6 Å². The van der Waals surface area contributed by atoms with E-state index in [1.807, 2.05) is 44.2 Å². The summed E-state index contributed by atoms with van der Waals surface area (Å²) in [6, 6.07) is 13.5. The Morgan fingerprint density at radius 3 is 2.17 bits per heavy atom. The summed E-state index contributed by atoms with van der Waals surface area (Å²) < 4.78 is 5.39. The summed E-state index contributed by atoms with van der Waals surface area (Å²) in [5.41, 5.74) is 0.656. The maximum atomic E-state index is 13.8. The number of rotatable bonds is 10. The molecule has 0 radical (unpaired) electrons. The third kappa shape index (κ3) is 8.91. The van der Waals surface area contributed by atoms with Crippen molar-refractivity contribution in [2.24, 2.45) is 0 Å². The van der Waals surface area contributed by atoms with Crippen LogP contribution in [0.15, 0.2) is 54.6 Å². The third-order valence-corrected chi connectivity index (χ3v) is 5.57. The molecule has 0 spiro atoms. The number of amides is 3. The van der Waals surface area contributed by atoms with Crippen LogP contribution in [0.2, 0.25) is 0 Å². The highest BCUT2D eigenvalue weighted by molar-refractivity contribution is 5.92. The smallest absolute Gasteiger partial charge is 0.408 e. The lowest BCUT2D eigenvalue weighted by atomic mass is 10.0. The van der Waals surface area contributed by atoms with Crippen molar-refractivity contribution in [3.05, 3.63) is 65.7 Å². The van der Waals surface area contributed by atoms with Crippen LogP contribution in [0, 0.1) is 0 Å². The summed E-state index contributed by atoms with van der Waals surface area (Å²) in [5.74, 6) is -0.728. The van der Waals surface area contributed by atoms with Crippen LogP contribution >= 0.6 is 0 Å². The zero-order valence-corrected chi connectivity index (χ0v) is 22.1. The van der Waals surface area contributed by atoms with Gasteiger partial charge in [-0.15, -0.1) is 0 Å². The number of benzene rings is 2. The number of likely N-dealkylation sites (N-methyl/N-ethyl adjacent to an activating group) is 1. The standard InChI is InChI=1S/C28H39N3O5/c1-7-11-19(2)29-25(33)24(21-14-16-22(32)17-15-21)31(6)26(34)23(18-20-12-9-8-10-13-20)30-27(35)36-28(3,4)5/h8-10,12-17,19,23-24,32H,7,11,18H2,1-6H3,(H,29,33)(H,30,35). The van der Waals surface area contributed by atoms with Crippen molar-refractivity contribution in [1.82, 2.24) is 15.5 Å². The Morgan fingerprint density at radius 1 is 1.00 bits per heavy atom. The molecule has 0 heterocycles. The number of carbonyl (C=O) groups excluding carboxylic acids is 3. The predicted molar refractivity (Wildman–Crippen MR) is 139 cm³/mol. The van der Waals surface area contributed by atoms with Crippen molar-refractivity contribution in [2.45, 2.75) is 77.6 Å². The highest BCUT2D eigenvalue weighted by Crippen LogP contribution is 2.24. The molecule has 0 aromatic heterocycles. The first-order chi connectivity index (χ1) is 16.9. The van der Waals surface area contributed by atoms with Gasteiger partial charge in [0, 0.05) is 19.5 Å². The lowest BCUT2D eigenvalue weighted by Crippen LogP contribution is -2.53. The summed E-state index contributed by atoms with van der Waals surface area (Å²) >= 11 is 0. The molecule has 2 aromatic rings. The van der Waals surface area contributed by atoms with Gasteiger partial charge < -0.3 is 25.4 Å². The lowest BCUT2D eigenvalue weighted by molar-refractivity contribution is -0.141. The molecule has 0 aliphatic heterocycles. The third-order valence-electron chi connectivity index (χ3n) is 5.57. The van der Waals surface area contributed by atoms with Crippen molar-refractivity contribution in [3.8, 4) is 5.75 Å². The summed E-state index contributed by atoms with van der Waals surface area (Å²) in [5, 5.41) is 15.4. The Labute approximate surface area is 214 Å². The molecule has 3 amide bonds. The molecule has 2 aromatic carbocycles. The number of carbonyl (C=O) groups is 3. The fraction of sp³-hybridized carbons (Fsp3) is 0.464. The molecule has 0 aliphatic rings. The van der Waals surface area contributed by atoms with E-state index in [9.17, 15) is 19.5 Å². The van der Waals surface area contributed by atoms with Crippen LogP contribution in [-0.4, -0.2) is 52.6 Å². The van der Waals surface area contributed by atoms with Gasteiger partial charge >= 0.3 is 6.09 Å². The molecular formula is C28H39N3O5. The molecule has 8 heteroatoms. The Balaban J connectivity index is 2.38. The largest absolute Gasteiger partial charge is 0.508 e. The van der Waals surface area contributed by atoms with Crippen LogP contribution in [0.25, 0.3) is 0 Å². The van der Waals surface area contributed by atoms with Gasteiger partial charge in [0.1, 0.15) is 23.4 Å². The highest BCUT2D eigenvalue weighted by Gasteiger charge is 2.34. The molecule has 8 nitrogen and oxygen atoms in total. The minimum absolute atomic E-state index is 0.0554. The molecule has 3 N–H and O–H groups in total. The van der Waals surface area contributed by atoms with Gasteiger partial charge in [-0.05, 0) is 57.4 Å². The zero-order chi connectivity index (χ0) is 26.9. The van der Waals surface area contributed by atoms with Gasteiger partial charge in [-0.1, -0.05) is 55.8 Å². The molecule has 0 aliphatic carbocycles. The molecular weight excluding hydrogens is 458 g/mol. The maximum Gasteiger partial charge on any atom is 0.408 e. The Morgan fingerprint density at radius 2 is 1.61 bits per heavy atom. The first kappa shape index (κ1) is 28.7. The van der Waals surface area contributed by atoms with E-state index in [1.54, 1.807) is 40.0 Å². The van der Waals surface area contributed by atoms with E-state index in [-0.39, 0.29) is 24.1 Å². The Hall–Kier alpha value is -3.55. The van der Waals surface area contributed by atoms with Gasteiger partial charge in [-0.25, -0.2) is 4.79 Å². The second-order valence-corrected chi connectivity index (χ2v) is 10.0. The van der Waals surface area contributed by atoms with Crippen LogP contribution in [0.4, 0.5) is 4.79 Å². The first-order valence-electron chi connectivity index (χ1n) is 12.3. The van der Waals surface area contributed by atoms with E-state index in [0.29, 0.717) is 5.56 Å². The van der Waals surface area contributed by atoms with E-state index in [0.717, 1.165) is 18.4 Å². The average molecular weight is 498 g/mol. The van der Waals surface area contributed by atoms with Crippen molar-refractivity contribution in [3.63, 3.8) is 0 Å². The molecule has 2 rings (SSSR count). The van der Waals surface area contributed by atoms with Crippen molar-refractivity contribution >= 4 is 17.9 Å². The highest BCUT2D eigenvalue weighted by atomic mass is 16.6. The number of hydrogen-bond donors (Lipinski definition) is 3. The fourth-order valence-corrected chi connectivity index (χ4v) is 3.91. The molecule has 0 bridgehead atoms. The quantitative estimate of drug-likeness (QED) is 0.453. The maximum absolute atomic E-state index is 13.8. The van der Waals surface area contributed by atoms with E-state index in [4.69, 9.17) is 4.74 Å². The van der Waals surface area contributed by atoms with Crippen LogP contribution in [-0.2, 0) is 20.7 Å². The SMILES string of the molecule is CCCC(C)NC(=O)C(c1ccc(O)cc1)N(C)C(=O)C(Cc1ccccc1)NC(=O)OC(C)(C)C. The summed E-state index contributed by atoms with van der Waals surface area (Å²) in [4.78, 5) is 41.1. The first-order valence-corrected chi connectivity index (χ1v) is 12.3. The van der Waals surface area contributed by atoms with Crippen LogP contribution in [0.3, 0.4) is 0 Å². The number of hydrogen-bond acceptors (Lipinski definition) is 5. The number of nitrogens with zero attached hydrogens (tertiary/aromatic N) is 1. The Kier molecular flexibility index (Phi) is 10.3. The fourth-order valence-electron chi connectivity index (χ4n) is 3.91. The Bertz CT molecular complexity index is 1000. The van der Waals surface area contributed by atoms with Crippen molar-refractivity contribution < 1.29 is 24.2 Å². The van der Waals surface area contributed by atoms with Gasteiger partial charge in [-0.2, -0.15) is 0 Å². The summed E-state index contributed by atoms with van der Waals surface area (Å²) in [7, 11) is 1.54.